The molecule has 1 aromatic heterocycles. The van der Waals surface area contributed by atoms with Gasteiger partial charge < -0.3 is 0 Å². The normalized spacial score (nSPS) is 25.2. The van der Waals surface area contributed by atoms with Gasteiger partial charge >= 0.3 is 0 Å². The number of benzene rings is 2. The molecule has 0 saturated carbocycles. The van der Waals surface area contributed by atoms with Gasteiger partial charge in [-0.1, -0.05) is 59.2 Å². The third-order valence-corrected chi connectivity index (χ3v) is 9.05. The quantitative estimate of drug-likeness (QED) is 0.392. The molecule has 2 heteroatoms. The molecule has 3 aromatic rings. The van der Waals surface area contributed by atoms with E-state index in [1.54, 1.807) is 6.07 Å². The van der Waals surface area contributed by atoms with Crippen molar-refractivity contribution in [1.82, 2.24) is 0 Å². The lowest BCUT2D eigenvalue weighted by atomic mass is 9.57. The minimum Gasteiger partial charge on any atom is -0.207 e. The molecule has 0 amide bonds. The van der Waals surface area contributed by atoms with E-state index in [-0.39, 0.29) is 22.2 Å². The summed E-state index contributed by atoms with van der Waals surface area (Å²) in [5.74, 6) is -0.0718. The molecule has 31 heavy (non-hydrogen) atoms. The Morgan fingerprint density at radius 1 is 0.903 bits per heavy atom. The van der Waals surface area contributed by atoms with Crippen LogP contribution < -0.4 is 4.57 Å². The molecular formula is C29H35FN+. The van der Waals surface area contributed by atoms with E-state index in [1.165, 1.54) is 33.2 Å². The predicted octanol–water partition coefficient (Wildman–Crippen LogP) is 7.33. The minimum absolute atomic E-state index is 0.0688. The maximum absolute atomic E-state index is 15.6. The molecule has 0 N–H and O–H groups in total. The van der Waals surface area contributed by atoms with Crippen molar-refractivity contribution < 1.29 is 8.96 Å². The third-order valence-electron chi connectivity index (χ3n) is 9.05. The summed E-state index contributed by atoms with van der Waals surface area (Å²) in [6.07, 6.45) is 6.49. The van der Waals surface area contributed by atoms with E-state index < -0.39 is 0 Å². The summed E-state index contributed by atoms with van der Waals surface area (Å²) in [6, 6.07) is 10.8. The van der Waals surface area contributed by atoms with Crippen LogP contribution in [0.15, 0.2) is 36.5 Å². The molecule has 1 aliphatic heterocycles. The number of pyridine rings is 1. The van der Waals surface area contributed by atoms with Crippen molar-refractivity contribution in [1.29, 1.82) is 0 Å². The van der Waals surface area contributed by atoms with Crippen molar-refractivity contribution in [2.24, 2.45) is 0 Å². The fraction of sp³-hybridized carbons (Fsp3) is 0.483. The standard InChI is InChI=1S/C29H35FN/c1-8-11-18-16-19-14-15-31-26-23(19)21(17-18)27(4,5)25-22(30)13-12-20(24(25)26)28(6,9-2)29(31,7)10-3/h12-17H,8-11H2,1-7H3/q+1. The van der Waals surface area contributed by atoms with Crippen molar-refractivity contribution in [2.75, 3.05) is 0 Å². The van der Waals surface area contributed by atoms with E-state index in [4.69, 9.17) is 0 Å². The van der Waals surface area contributed by atoms with Crippen LogP contribution in [-0.4, -0.2) is 0 Å². The molecule has 1 nitrogen and oxygen atoms in total. The number of hydrogen-bond acceptors (Lipinski definition) is 0. The Morgan fingerprint density at radius 3 is 2.29 bits per heavy atom. The highest BCUT2D eigenvalue weighted by atomic mass is 19.1. The van der Waals surface area contributed by atoms with Gasteiger partial charge in [-0.2, -0.15) is 4.57 Å². The molecule has 1 aliphatic carbocycles. The highest BCUT2D eigenvalue weighted by Gasteiger charge is 2.59. The molecule has 5 rings (SSSR count). The average Bonchev–Trinajstić information content (AvgIpc) is 2.75. The second-order valence-corrected chi connectivity index (χ2v) is 10.7. The van der Waals surface area contributed by atoms with E-state index in [2.05, 4.69) is 83.5 Å². The molecule has 0 saturated heterocycles. The first-order chi connectivity index (χ1) is 14.7. The van der Waals surface area contributed by atoms with E-state index >= 15 is 4.39 Å². The lowest BCUT2D eigenvalue weighted by Gasteiger charge is -2.49. The molecule has 0 bridgehead atoms. The summed E-state index contributed by atoms with van der Waals surface area (Å²) in [5, 5.41) is 2.62. The van der Waals surface area contributed by atoms with Crippen molar-refractivity contribution in [3.8, 4) is 11.3 Å². The predicted molar refractivity (Wildman–Crippen MR) is 127 cm³/mol. The largest absolute Gasteiger partial charge is 0.221 e. The van der Waals surface area contributed by atoms with Crippen molar-refractivity contribution >= 4 is 10.8 Å². The number of hydrogen-bond donors (Lipinski definition) is 0. The Bertz CT molecular complexity index is 1240. The Morgan fingerprint density at radius 2 is 1.65 bits per heavy atom. The van der Waals surface area contributed by atoms with Gasteiger partial charge in [-0.05, 0) is 47.9 Å². The summed E-state index contributed by atoms with van der Waals surface area (Å²) in [7, 11) is 0. The molecule has 0 spiro atoms. The van der Waals surface area contributed by atoms with Gasteiger partial charge in [0.2, 0.25) is 5.69 Å². The van der Waals surface area contributed by atoms with Crippen molar-refractivity contribution in [3.05, 3.63) is 64.6 Å². The number of rotatable bonds is 4. The van der Waals surface area contributed by atoms with Crippen LogP contribution in [-0.2, 0) is 22.8 Å². The molecule has 162 valence electrons. The first-order valence-corrected chi connectivity index (χ1v) is 12.0. The smallest absolute Gasteiger partial charge is 0.207 e. The van der Waals surface area contributed by atoms with Crippen LogP contribution in [0.4, 0.5) is 4.39 Å². The van der Waals surface area contributed by atoms with Crippen LogP contribution in [0.5, 0.6) is 0 Å². The lowest BCUT2D eigenvalue weighted by Crippen LogP contribution is -2.68. The van der Waals surface area contributed by atoms with Crippen LogP contribution in [0.1, 0.15) is 90.0 Å². The summed E-state index contributed by atoms with van der Waals surface area (Å²) in [6.45, 7) is 16.0. The number of aromatic nitrogens is 1. The monoisotopic (exact) mass is 416 g/mol. The molecule has 0 fully saturated rings. The molecule has 2 atom stereocenters. The summed E-state index contributed by atoms with van der Waals surface area (Å²) in [4.78, 5) is 0. The van der Waals surface area contributed by atoms with Crippen LogP contribution in [0, 0.1) is 5.82 Å². The Labute approximate surface area is 186 Å². The van der Waals surface area contributed by atoms with Gasteiger partial charge in [0.15, 0.2) is 11.7 Å². The van der Waals surface area contributed by atoms with E-state index in [9.17, 15) is 0 Å². The number of halogens is 1. The van der Waals surface area contributed by atoms with Crippen molar-refractivity contribution in [2.45, 2.75) is 90.5 Å². The topological polar surface area (TPSA) is 3.88 Å². The number of aryl methyl sites for hydroxylation is 1. The second-order valence-electron chi connectivity index (χ2n) is 10.7. The highest BCUT2D eigenvalue weighted by Crippen LogP contribution is 2.57. The maximum atomic E-state index is 15.6. The van der Waals surface area contributed by atoms with Crippen LogP contribution in [0.2, 0.25) is 0 Å². The van der Waals surface area contributed by atoms with Crippen LogP contribution >= 0.6 is 0 Å². The minimum atomic E-state index is -0.377. The Hall–Kier alpha value is -2.22. The fourth-order valence-electron chi connectivity index (χ4n) is 6.77. The Balaban J connectivity index is 2.06. The number of nitrogens with zero attached hydrogens (tertiary/aromatic N) is 1. The van der Waals surface area contributed by atoms with Gasteiger partial charge in [0.05, 0.1) is 16.4 Å². The zero-order valence-electron chi connectivity index (χ0n) is 20.1. The summed E-state index contributed by atoms with van der Waals surface area (Å²) in [5.41, 5.74) is 6.70. The average molecular weight is 417 g/mol. The maximum Gasteiger partial charge on any atom is 0.221 e. The first-order valence-electron chi connectivity index (χ1n) is 12.0. The molecule has 2 aromatic carbocycles. The highest BCUT2D eigenvalue weighted by molar-refractivity contribution is 6.01. The van der Waals surface area contributed by atoms with E-state index in [0.29, 0.717) is 0 Å². The van der Waals surface area contributed by atoms with Crippen molar-refractivity contribution in [3.63, 3.8) is 0 Å². The van der Waals surface area contributed by atoms with Gasteiger partial charge in [-0.25, -0.2) is 4.39 Å². The summed E-state index contributed by atoms with van der Waals surface area (Å²) < 4.78 is 18.2. The summed E-state index contributed by atoms with van der Waals surface area (Å²) >= 11 is 0. The molecular weight excluding hydrogens is 381 g/mol. The zero-order valence-corrected chi connectivity index (χ0v) is 20.1. The first kappa shape index (κ1) is 20.7. The molecule has 2 unspecified atom stereocenters. The van der Waals surface area contributed by atoms with E-state index in [1.807, 2.05) is 0 Å². The van der Waals surface area contributed by atoms with Crippen LogP contribution in [0.25, 0.3) is 22.0 Å². The fourth-order valence-corrected chi connectivity index (χ4v) is 6.77. The molecule has 2 heterocycles. The van der Waals surface area contributed by atoms with Gasteiger partial charge in [0.1, 0.15) is 5.82 Å². The van der Waals surface area contributed by atoms with Crippen LogP contribution in [0.3, 0.4) is 0 Å². The van der Waals surface area contributed by atoms with Gasteiger partial charge in [0, 0.05) is 30.4 Å². The SMILES string of the molecule is CCCc1cc2c3c4[n+](ccc3c1)C(C)(CC)C(C)(CC)c1ccc(F)c(c1-4)C2(C)C. The van der Waals surface area contributed by atoms with Gasteiger partial charge in [0.25, 0.3) is 0 Å². The third kappa shape index (κ3) is 2.29. The van der Waals surface area contributed by atoms with E-state index in [0.717, 1.165) is 36.8 Å². The molecule has 0 radical (unpaired) electrons. The Kier molecular flexibility index (Phi) is 4.27. The zero-order chi connectivity index (χ0) is 22.3. The van der Waals surface area contributed by atoms with Gasteiger partial charge in [-0.15, -0.1) is 0 Å². The van der Waals surface area contributed by atoms with Gasteiger partial charge in [-0.3, -0.25) is 0 Å². The second kappa shape index (κ2) is 6.40. The lowest BCUT2D eigenvalue weighted by molar-refractivity contribution is -0.764. The molecule has 2 aliphatic rings.